The van der Waals surface area contributed by atoms with Gasteiger partial charge in [0, 0.05) is 18.5 Å². The molecule has 0 saturated carbocycles. The predicted molar refractivity (Wildman–Crippen MR) is 94.0 cm³/mol. The van der Waals surface area contributed by atoms with Crippen LogP contribution >= 0.6 is 11.3 Å². The molecule has 0 atom stereocenters. The zero-order chi connectivity index (χ0) is 17.2. The molecule has 7 nitrogen and oxygen atoms in total. The summed E-state index contributed by atoms with van der Waals surface area (Å²) in [7, 11) is -3.21. The first-order valence-electron chi connectivity index (χ1n) is 7.74. The number of rotatable bonds is 5. The molecule has 128 valence electrons. The van der Waals surface area contributed by atoms with E-state index in [0.29, 0.717) is 29.3 Å². The first-order valence-corrected chi connectivity index (χ1v) is 10.2. The van der Waals surface area contributed by atoms with Crippen LogP contribution in [0, 0.1) is 0 Å². The van der Waals surface area contributed by atoms with E-state index in [-0.39, 0.29) is 11.7 Å². The van der Waals surface area contributed by atoms with Crippen molar-refractivity contribution >= 4 is 38.1 Å². The number of hydrogen-bond donors (Lipinski definition) is 1. The Kier molecular flexibility index (Phi) is 4.81. The third kappa shape index (κ3) is 3.57. The van der Waals surface area contributed by atoms with Gasteiger partial charge in [0.05, 0.1) is 11.4 Å². The SMILES string of the molecule is CCCc1nnc(NC(=O)c2ccc(N3CCCS3(=O)=O)cc2)s1. The molecule has 3 rings (SSSR count). The molecule has 0 unspecified atom stereocenters. The molecule has 1 aromatic carbocycles. The lowest BCUT2D eigenvalue weighted by Gasteiger charge is -2.16. The predicted octanol–water partition coefficient (Wildman–Crippen LogP) is 2.28. The lowest BCUT2D eigenvalue weighted by Crippen LogP contribution is -2.25. The molecule has 1 aliphatic rings. The van der Waals surface area contributed by atoms with E-state index in [1.807, 2.05) is 0 Å². The molecule has 0 spiro atoms. The minimum absolute atomic E-state index is 0.173. The largest absolute Gasteiger partial charge is 0.296 e. The van der Waals surface area contributed by atoms with Gasteiger partial charge in [-0.1, -0.05) is 18.3 Å². The van der Waals surface area contributed by atoms with Gasteiger partial charge in [0.1, 0.15) is 5.01 Å². The zero-order valence-electron chi connectivity index (χ0n) is 13.2. The molecular formula is C15H18N4O3S2. The number of hydrogen-bond acceptors (Lipinski definition) is 6. The molecule has 0 radical (unpaired) electrons. The highest BCUT2D eigenvalue weighted by Crippen LogP contribution is 2.24. The van der Waals surface area contributed by atoms with Crippen LogP contribution in [0.2, 0.25) is 0 Å². The van der Waals surface area contributed by atoms with Crippen LogP contribution in [-0.4, -0.2) is 36.8 Å². The van der Waals surface area contributed by atoms with E-state index < -0.39 is 10.0 Å². The number of anilines is 2. The molecule has 1 fully saturated rings. The smallest absolute Gasteiger partial charge is 0.257 e. The summed E-state index contributed by atoms with van der Waals surface area (Å²) in [5.74, 6) is -0.114. The molecule has 0 aliphatic carbocycles. The highest BCUT2D eigenvalue weighted by atomic mass is 32.2. The second kappa shape index (κ2) is 6.86. The monoisotopic (exact) mass is 366 g/mol. The van der Waals surface area contributed by atoms with Gasteiger partial charge >= 0.3 is 0 Å². The maximum atomic E-state index is 12.2. The number of aryl methyl sites for hydroxylation is 1. The summed E-state index contributed by atoms with van der Waals surface area (Å²) in [6.45, 7) is 2.54. The number of sulfonamides is 1. The van der Waals surface area contributed by atoms with Gasteiger partial charge in [-0.25, -0.2) is 8.42 Å². The number of amides is 1. The number of nitrogens with zero attached hydrogens (tertiary/aromatic N) is 3. The van der Waals surface area contributed by atoms with Crippen molar-refractivity contribution in [3.05, 3.63) is 34.8 Å². The van der Waals surface area contributed by atoms with Crippen molar-refractivity contribution in [1.29, 1.82) is 0 Å². The molecule has 2 heterocycles. The summed E-state index contributed by atoms with van der Waals surface area (Å²) >= 11 is 1.36. The van der Waals surface area contributed by atoms with Crippen LogP contribution in [0.25, 0.3) is 0 Å². The van der Waals surface area contributed by atoms with E-state index in [4.69, 9.17) is 0 Å². The summed E-state index contributed by atoms with van der Waals surface area (Å²) in [6.07, 6.45) is 2.44. The number of nitrogens with one attached hydrogen (secondary N) is 1. The number of aromatic nitrogens is 2. The Balaban J connectivity index is 1.69. The molecule has 1 saturated heterocycles. The fourth-order valence-corrected chi connectivity index (χ4v) is 4.90. The maximum Gasteiger partial charge on any atom is 0.257 e. The van der Waals surface area contributed by atoms with Crippen LogP contribution in [0.4, 0.5) is 10.8 Å². The van der Waals surface area contributed by atoms with Crippen molar-refractivity contribution in [2.24, 2.45) is 0 Å². The standard InChI is InChI=1S/C15H18N4O3S2/c1-2-4-13-17-18-15(23-13)16-14(20)11-5-7-12(8-6-11)19-9-3-10-24(19,21)22/h5-8H,2-4,9-10H2,1H3,(H,16,18,20). The van der Waals surface area contributed by atoms with Gasteiger partial charge < -0.3 is 0 Å². The molecule has 1 amide bonds. The summed E-state index contributed by atoms with van der Waals surface area (Å²) < 4.78 is 25.2. The Bertz CT molecular complexity index is 831. The van der Waals surface area contributed by atoms with Gasteiger partial charge in [0.25, 0.3) is 5.91 Å². The summed E-state index contributed by atoms with van der Waals surface area (Å²) in [5.41, 5.74) is 1.03. The highest BCUT2D eigenvalue weighted by molar-refractivity contribution is 7.93. The highest BCUT2D eigenvalue weighted by Gasteiger charge is 2.28. The van der Waals surface area contributed by atoms with Crippen molar-refractivity contribution in [3.63, 3.8) is 0 Å². The van der Waals surface area contributed by atoms with Crippen molar-refractivity contribution in [2.45, 2.75) is 26.2 Å². The summed E-state index contributed by atoms with van der Waals surface area (Å²) in [5, 5.41) is 12.0. The number of carbonyl (C=O) groups excluding carboxylic acids is 1. The number of benzene rings is 1. The first kappa shape index (κ1) is 16.8. The van der Waals surface area contributed by atoms with Gasteiger partial charge in [0.15, 0.2) is 0 Å². The fraction of sp³-hybridized carbons (Fsp3) is 0.400. The van der Waals surface area contributed by atoms with Crippen molar-refractivity contribution in [3.8, 4) is 0 Å². The average molecular weight is 366 g/mol. The third-order valence-electron chi connectivity index (χ3n) is 3.67. The topological polar surface area (TPSA) is 92.3 Å². The summed E-state index contributed by atoms with van der Waals surface area (Å²) in [6, 6.07) is 6.54. The molecule has 24 heavy (non-hydrogen) atoms. The minimum atomic E-state index is -3.21. The second-order valence-corrected chi connectivity index (χ2v) is 8.57. The van der Waals surface area contributed by atoms with Crippen LogP contribution in [0.3, 0.4) is 0 Å². The van der Waals surface area contributed by atoms with Crippen molar-refractivity contribution < 1.29 is 13.2 Å². The van der Waals surface area contributed by atoms with Gasteiger partial charge in [-0.15, -0.1) is 10.2 Å². The molecule has 2 aromatic rings. The van der Waals surface area contributed by atoms with Gasteiger partial charge in [0.2, 0.25) is 15.2 Å². The van der Waals surface area contributed by atoms with Gasteiger partial charge in [-0.3, -0.25) is 14.4 Å². The Morgan fingerprint density at radius 3 is 2.67 bits per heavy atom. The van der Waals surface area contributed by atoms with Gasteiger partial charge in [-0.2, -0.15) is 0 Å². The molecule has 9 heteroatoms. The minimum Gasteiger partial charge on any atom is -0.296 e. The lowest BCUT2D eigenvalue weighted by molar-refractivity contribution is 0.102. The molecule has 1 aromatic heterocycles. The van der Waals surface area contributed by atoms with E-state index >= 15 is 0 Å². The Morgan fingerprint density at radius 1 is 1.29 bits per heavy atom. The zero-order valence-corrected chi connectivity index (χ0v) is 14.9. The molecule has 1 N–H and O–H groups in total. The van der Waals surface area contributed by atoms with Crippen molar-refractivity contribution in [2.75, 3.05) is 21.9 Å². The number of carbonyl (C=O) groups is 1. The van der Waals surface area contributed by atoms with E-state index in [9.17, 15) is 13.2 Å². The van der Waals surface area contributed by atoms with Crippen LogP contribution in [0.5, 0.6) is 0 Å². The van der Waals surface area contributed by atoms with Crippen LogP contribution in [-0.2, 0) is 16.4 Å². The lowest BCUT2D eigenvalue weighted by atomic mass is 10.2. The van der Waals surface area contributed by atoms with E-state index in [1.165, 1.54) is 15.6 Å². The first-order chi connectivity index (χ1) is 11.5. The van der Waals surface area contributed by atoms with Gasteiger partial charge in [-0.05, 0) is 37.1 Å². The molecular weight excluding hydrogens is 348 g/mol. The third-order valence-corrected chi connectivity index (χ3v) is 6.44. The normalized spacial score (nSPS) is 16.3. The van der Waals surface area contributed by atoms with E-state index in [2.05, 4.69) is 22.4 Å². The van der Waals surface area contributed by atoms with Crippen molar-refractivity contribution in [1.82, 2.24) is 10.2 Å². The van der Waals surface area contributed by atoms with E-state index in [1.54, 1.807) is 24.3 Å². The summed E-state index contributed by atoms with van der Waals surface area (Å²) in [4.78, 5) is 12.2. The Morgan fingerprint density at radius 2 is 2.04 bits per heavy atom. The fourth-order valence-electron chi connectivity index (χ4n) is 2.50. The molecule has 1 aliphatic heterocycles. The Hall–Kier alpha value is -2.00. The van der Waals surface area contributed by atoms with E-state index in [0.717, 1.165) is 17.8 Å². The quantitative estimate of drug-likeness (QED) is 0.876. The van der Waals surface area contributed by atoms with Crippen LogP contribution in [0.15, 0.2) is 24.3 Å². The average Bonchev–Trinajstić information content (AvgIpc) is 3.13. The Labute approximate surface area is 144 Å². The second-order valence-electron chi connectivity index (χ2n) is 5.49. The van der Waals surface area contributed by atoms with Crippen LogP contribution < -0.4 is 9.62 Å². The van der Waals surface area contributed by atoms with Crippen LogP contribution in [0.1, 0.15) is 35.1 Å². The maximum absolute atomic E-state index is 12.2. The molecule has 0 bridgehead atoms.